The average Bonchev–Trinajstić information content (AvgIpc) is 3.10. The fourth-order valence-electron chi connectivity index (χ4n) is 2.01. The maximum Gasteiger partial charge on any atom is 0.242 e. The Morgan fingerprint density at radius 2 is 2.14 bits per heavy atom. The molecule has 0 saturated carbocycles. The number of thioether (sulfide) groups is 1. The number of carbonyl (C=O) groups is 1. The van der Waals surface area contributed by atoms with Crippen molar-refractivity contribution in [3.8, 4) is 11.3 Å². The summed E-state index contributed by atoms with van der Waals surface area (Å²) in [5.74, 6) is 1.72. The van der Waals surface area contributed by atoms with E-state index in [1.165, 1.54) is 0 Å². The third-order valence-corrected chi connectivity index (χ3v) is 4.81. The summed E-state index contributed by atoms with van der Waals surface area (Å²) in [4.78, 5) is 16.4. The van der Waals surface area contributed by atoms with Crippen LogP contribution >= 0.6 is 35.5 Å². The number of carbonyl (C=O) groups excluding carboxylic acids is 1. The lowest BCUT2D eigenvalue weighted by atomic mass is 10.1. The van der Waals surface area contributed by atoms with E-state index in [-0.39, 0.29) is 24.4 Å². The first-order chi connectivity index (χ1) is 9.72. The first kappa shape index (κ1) is 16.3. The summed E-state index contributed by atoms with van der Waals surface area (Å²) in [7, 11) is 0. The number of aryl methyl sites for hydroxylation is 1. The maximum absolute atomic E-state index is 12.0. The summed E-state index contributed by atoms with van der Waals surface area (Å²) in [6, 6.07) is 7.73. The Balaban J connectivity index is 0.00000161. The van der Waals surface area contributed by atoms with Crippen LogP contribution in [-0.4, -0.2) is 28.6 Å². The first-order valence-electron chi connectivity index (χ1n) is 6.37. The number of nitrogens with one attached hydrogen (secondary N) is 2. The monoisotopic (exact) mass is 341 g/mol. The van der Waals surface area contributed by atoms with Gasteiger partial charge in [-0.25, -0.2) is 4.98 Å². The molecule has 0 aliphatic carbocycles. The molecule has 1 aliphatic heterocycles. The Labute approximate surface area is 138 Å². The zero-order chi connectivity index (χ0) is 13.9. The first-order valence-corrected chi connectivity index (χ1v) is 8.40. The molecule has 1 fully saturated rings. The highest BCUT2D eigenvalue weighted by atomic mass is 35.5. The highest BCUT2D eigenvalue weighted by Crippen LogP contribution is 2.23. The van der Waals surface area contributed by atoms with Crippen LogP contribution in [0.2, 0.25) is 0 Å². The number of hydrogen-bond acceptors (Lipinski definition) is 5. The normalized spacial score (nSPS) is 17.3. The van der Waals surface area contributed by atoms with Crippen molar-refractivity contribution in [3.05, 3.63) is 34.7 Å². The van der Waals surface area contributed by atoms with Gasteiger partial charge in [0.25, 0.3) is 0 Å². The van der Waals surface area contributed by atoms with Crippen LogP contribution in [0.5, 0.6) is 0 Å². The van der Waals surface area contributed by atoms with Gasteiger partial charge in [0.1, 0.15) is 0 Å². The van der Waals surface area contributed by atoms with Gasteiger partial charge in [0.05, 0.1) is 16.7 Å². The van der Waals surface area contributed by atoms with Gasteiger partial charge in [-0.2, -0.15) is 0 Å². The lowest BCUT2D eigenvalue weighted by Gasteiger charge is -2.10. The summed E-state index contributed by atoms with van der Waals surface area (Å²) in [6.45, 7) is 2.00. The Morgan fingerprint density at radius 1 is 1.38 bits per heavy atom. The van der Waals surface area contributed by atoms with Crippen LogP contribution in [-0.2, 0) is 4.79 Å². The molecule has 0 spiro atoms. The van der Waals surface area contributed by atoms with Crippen LogP contribution in [0.25, 0.3) is 11.3 Å². The standard InChI is InChI=1S/C14H15N3OS2.ClH/c1-9-16-12(7-20-9)10-2-4-11(5-3-10)17-14(18)13-6-19-8-15-13;/h2-5,7,13,15H,6,8H2,1H3,(H,17,18);1H. The third kappa shape index (κ3) is 3.97. The highest BCUT2D eigenvalue weighted by Gasteiger charge is 2.22. The van der Waals surface area contributed by atoms with Crippen LogP contribution < -0.4 is 10.6 Å². The number of anilines is 1. The van der Waals surface area contributed by atoms with Gasteiger partial charge in [0.15, 0.2) is 0 Å². The van der Waals surface area contributed by atoms with E-state index in [0.29, 0.717) is 0 Å². The van der Waals surface area contributed by atoms with Gasteiger partial charge in [-0.05, 0) is 19.1 Å². The molecule has 1 aliphatic rings. The Bertz CT molecular complexity index is 609. The number of hydrogen-bond donors (Lipinski definition) is 2. The van der Waals surface area contributed by atoms with Crippen molar-refractivity contribution >= 4 is 47.1 Å². The Hall–Kier alpha value is -1.08. The van der Waals surface area contributed by atoms with Crippen molar-refractivity contribution < 1.29 is 4.79 Å². The van der Waals surface area contributed by atoms with Crippen LogP contribution in [0.4, 0.5) is 5.69 Å². The molecule has 1 atom stereocenters. The lowest BCUT2D eigenvalue weighted by Crippen LogP contribution is -2.37. The van der Waals surface area contributed by atoms with Gasteiger partial charge < -0.3 is 5.32 Å². The molecule has 1 saturated heterocycles. The topological polar surface area (TPSA) is 54.0 Å². The molecule has 4 nitrogen and oxygen atoms in total. The van der Waals surface area contributed by atoms with E-state index in [1.807, 2.05) is 36.6 Å². The van der Waals surface area contributed by atoms with Crippen molar-refractivity contribution in [2.24, 2.45) is 0 Å². The zero-order valence-corrected chi connectivity index (χ0v) is 13.9. The fraction of sp³-hybridized carbons (Fsp3) is 0.286. The molecule has 2 N–H and O–H groups in total. The molecular formula is C14H16ClN3OS2. The number of benzene rings is 1. The number of halogens is 1. The minimum absolute atomic E-state index is 0. The van der Waals surface area contributed by atoms with Crippen molar-refractivity contribution in [2.75, 3.05) is 16.9 Å². The number of amides is 1. The predicted octanol–water partition coefficient (Wildman–Crippen LogP) is 3.14. The SMILES string of the molecule is Cc1nc(-c2ccc(NC(=O)C3CSCN3)cc2)cs1.Cl. The van der Waals surface area contributed by atoms with Gasteiger partial charge in [-0.1, -0.05) is 12.1 Å². The van der Waals surface area contributed by atoms with Crippen molar-refractivity contribution in [2.45, 2.75) is 13.0 Å². The molecule has 112 valence electrons. The molecule has 2 heterocycles. The maximum atomic E-state index is 12.0. The largest absolute Gasteiger partial charge is 0.325 e. The van der Waals surface area contributed by atoms with E-state index in [9.17, 15) is 4.79 Å². The second kappa shape index (κ2) is 7.26. The minimum Gasteiger partial charge on any atom is -0.325 e. The molecule has 2 aromatic rings. The molecule has 0 radical (unpaired) electrons. The molecule has 1 aromatic carbocycles. The van der Waals surface area contributed by atoms with E-state index in [4.69, 9.17) is 0 Å². The van der Waals surface area contributed by atoms with Crippen molar-refractivity contribution in [1.82, 2.24) is 10.3 Å². The number of thiazole rings is 1. The van der Waals surface area contributed by atoms with E-state index < -0.39 is 0 Å². The molecule has 21 heavy (non-hydrogen) atoms. The zero-order valence-electron chi connectivity index (χ0n) is 11.5. The van der Waals surface area contributed by atoms with Crippen LogP contribution in [0.3, 0.4) is 0 Å². The van der Waals surface area contributed by atoms with Gasteiger partial charge in [-0.3, -0.25) is 10.1 Å². The van der Waals surface area contributed by atoms with Gasteiger partial charge in [-0.15, -0.1) is 35.5 Å². The number of nitrogens with zero attached hydrogens (tertiary/aromatic N) is 1. The highest BCUT2D eigenvalue weighted by molar-refractivity contribution is 7.99. The van der Waals surface area contributed by atoms with E-state index >= 15 is 0 Å². The number of rotatable bonds is 3. The van der Waals surface area contributed by atoms with Gasteiger partial charge in [0.2, 0.25) is 5.91 Å². The van der Waals surface area contributed by atoms with E-state index in [2.05, 4.69) is 15.6 Å². The van der Waals surface area contributed by atoms with Crippen molar-refractivity contribution in [3.63, 3.8) is 0 Å². The summed E-state index contributed by atoms with van der Waals surface area (Å²) >= 11 is 3.38. The van der Waals surface area contributed by atoms with E-state index in [0.717, 1.165) is 33.6 Å². The quantitative estimate of drug-likeness (QED) is 0.900. The fourth-order valence-corrected chi connectivity index (χ4v) is 3.58. The molecular weight excluding hydrogens is 326 g/mol. The molecule has 0 bridgehead atoms. The Morgan fingerprint density at radius 3 is 2.71 bits per heavy atom. The second-order valence-corrected chi connectivity index (χ2v) is 6.68. The molecule has 7 heteroatoms. The minimum atomic E-state index is -0.0825. The molecule has 1 aromatic heterocycles. The third-order valence-electron chi connectivity index (χ3n) is 3.10. The summed E-state index contributed by atoms with van der Waals surface area (Å²) in [6.07, 6.45) is 0. The molecule has 1 amide bonds. The average molecular weight is 342 g/mol. The number of aromatic nitrogens is 1. The summed E-state index contributed by atoms with van der Waals surface area (Å²) < 4.78 is 0. The molecule has 3 rings (SSSR count). The van der Waals surface area contributed by atoms with Crippen molar-refractivity contribution in [1.29, 1.82) is 0 Å². The van der Waals surface area contributed by atoms with E-state index in [1.54, 1.807) is 23.1 Å². The summed E-state index contributed by atoms with van der Waals surface area (Å²) in [5, 5.41) is 9.20. The smallest absolute Gasteiger partial charge is 0.242 e. The molecule has 1 unspecified atom stereocenters. The second-order valence-electron chi connectivity index (χ2n) is 4.59. The van der Waals surface area contributed by atoms with Gasteiger partial charge in [0, 0.05) is 28.3 Å². The lowest BCUT2D eigenvalue weighted by molar-refractivity contribution is -0.117. The predicted molar refractivity (Wildman–Crippen MR) is 92.4 cm³/mol. The van der Waals surface area contributed by atoms with Crippen LogP contribution in [0.1, 0.15) is 5.01 Å². The summed E-state index contributed by atoms with van der Waals surface area (Å²) in [5.41, 5.74) is 2.88. The van der Waals surface area contributed by atoms with Gasteiger partial charge >= 0.3 is 0 Å². The Kier molecular flexibility index (Phi) is 5.64. The van der Waals surface area contributed by atoms with Crippen LogP contribution in [0.15, 0.2) is 29.6 Å². The van der Waals surface area contributed by atoms with Crippen LogP contribution in [0, 0.1) is 6.92 Å².